The minimum atomic E-state index is -0.546. The normalized spacial score (nSPS) is 12.5. The van der Waals surface area contributed by atoms with Crippen LogP contribution in [0.15, 0.2) is 0 Å². The fourth-order valence-electron chi connectivity index (χ4n) is 1.27. The molecule has 4 N–H and O–H groups in total. The zero-order valence-electron chi connectivity index (χ0n) is 12.7. The van der Waals surface area contributed by atoms with Crippen molar-refractivity contribution in [2.45, 2.75) is 44.9 Å². The molecule has 0 aromatic heterocycles. The van der Waals surface area contributed by atoms with Gasteiger partial charge in [-0.25, -0.2) is 4.79 Å². The molecule has 0 aromatic carbocycles. The average Bonchev–Trinajstić information content (AvgIpc) is 2.97. The predicted octanol–water partition coefficient (Wildman–Crippen LogP) is 0.826. The van der Waals surface area contributed by atoms with Crippen molar-refractivity contribution in [1.82, 2.24) is 0 Å². The lowest BCUT2D eigenvalue weighted by atomic mass is 10.2. The molecule has 1 rings (SSSR count). The highest BCUT2D eigenvalue weighted by molar-refractivity contribution is 5.61. The summed E-state index contributed by atoms with van der Waals surface area (Å²) in [5, 5.41) is 33.0. The van der Waals surface area contributed by atoms with Gasteiger partial charge in [0.15, 0.2) is 0 Å². The Labute approximate surface area is 126 Å². The van der Waals surface area contributed by atoms with Crippen LogP contribution in [0.2, 0.25) is 0 Å². The molecule has 0 aromatic rings. The highest BCUT2D eigenvalue weighted by Crippen LogP contribution is 1.96. The van der Waals surface area contributed by atoms with E-state index in [9.17, 15) is 4.79 Å². The quantitative estimate of drug-likeness (QED) is 0.368. The molecule has 7 heteroatoms. The van der Waals surface area contributed by atoms with Gasteiger partial charge in [-0.2, -0.15) is 0 Å². The van der Waals surface area contributed by atoms with E-state index >= 15 is 0 Å². The van der Waals surface area contributed by atoms with Crippen LogP contribution in [-0.2, 0) is 9.47 Å². The lowest BCUT2D eigenvalue weighted by molar-refractivity contribution is 0.131. The zero-order valence-corrected chi connectivity index (χ0v) is 12.7. The number of hydrogen-bond donors (Lipinski definition) is 4. The van der Waals surface area contributed by atoms with Gasteiger partial charge in [-0.05, 0) is 32.1 Å². The second kappa shape index (κ2) is 21.4. The van der Waals surface area contributed by atoms with Gasteiger partial charge in [0.2, 0.25) is 0 Å². The summed E-state index contributed by atoms with van der Waals surface area (Å²) in [6, 6.07) is 0. The molecule has 21 heavy (non-hydrogen) atoms. The standard InChI is InChI=1S/C6H14O2.C5H12O2.C3H4O3/c7-5-3-1-2-4-6-8;6-4-2-1-3-5-7;4-3-5-1-2-6-3/h7-8H,1-6H2;6-7H,1-5H2;1-2H2. The predicted molar refractivity (Wildman–Crippen MR) is 78.0 cm³/mol. The Balaban J connectivity index is 0. The lowest BCUT2D eigenvalue weighted by Crippen LogP contribution is -1.88. The van der Waals surface area contributed by atoms with Gasteiger partial charge >= 0.3 is 6.16 Å². The van der Waals surface area contributed by atoms with Crippen LogP contribution in [0.4, 0.5) is 4.79 Å². The van der Waals surface area contributed by atoms with E-state index in [0.717, 1.165) is 44.9 Å². The molecule has 0 aliphatic carbocycles. The van der Waals surface area contributed by atoms with Crippen molar-refractivity contribution in [2.75, 3.05) is 39.6 Å². The van der Waals surface area contributed by atoms with Crippen LogP contribution in [0.5, 0.6) is 0 Å². The maximum atomic E-state index is 9.80. The molecule has 0 atom stereocenters. The van der Waals surface area contributed by atoms with E-state index in [1.807, 2.05) is 0 Å². The summed E-state index contributed by atoms with van der Waals surface area (Å²) >= 11 is 0. The summed E-state index contributed by atoms with van der Waals surface area (Å²) in [6.45, 7) is 1.90. The largest absolute Gasteiger partial charge is 0.508 e. The monoisotopic (exact) mass is 310 g/mol. The van der Waals surface area contributed by atoms with Crippen molar-refractivity contribution in [1.29, 1.82) is 0 Å². The second-order valence-electron chi connectivity index (χ2n) is 4.32. The molecular formula is C14H30O7. The number of hydrogen-bond acceptors (Lipinski definition) is 7. The molecular weight excluding hydrogens is 280 g/mol. The van der Waals surface area contributed by atoms with Crippen LogP contribution in [0.25, 0.3) is 0 Å². The maximum absolute atomic E-state index is 9.80. The fraction of sp³-hybridized carbons (Fsp3) is 0.929. The molecule has 0 radical (unpaired) electrons. The van der Waals surface area contributed by atoms with E-state index in [0.29, 0.717) is 13.2 Å². The first-order chi connectivity index (χ1) is 10.2. The van der Waals surface area contributed by atoms with E-state index in [1.165, 1.54) is 0 Å². The average molecular weight is 310 g/mol. The van der Waals surface area contributed by atoms with E-state index in [1.54, 1.807) is 0 Å². The fourth-order valence-corrected chi connectivity index (χ4v) is 1.27. The Morgan fingerprint density at radius 3 is 1.10 bits per heavy atom. The number of carbonyl (C=O) groups excluding carboxylic acids is 1. The second-order valence-corrected chi connectivity index (χ2v) is 4.32. The number of unbranched alkanes of at least 4 members (excludes halogenated alkanes) is 5. The maximum Gasteiger partial charge on any atom is 0.508 e. The van der Waals surface area contributed by atoms with Gasteiger partial charge in [-0.15, -0.1) is 0 Å². The van der Waals surface area contributed by atoms with Gasteiger partial charge < -0.3 is 29.9 Å². The Morgan fingerprint density at radius 1 is 0.619 bits per heavy atom. The molecule has 0 amide bonds. The first-order valence-corrected chi connectivity index (χ1v) is 7.45. The van der Waals surface area contributed by atoms with E-state index in [4.69, 9.17) is 20.4 Å². The number of carbonyl (C=O) groups is 1. The van der Waals surface area contributed by atoms with Crippen molar-refractivity contribution < 1.29 is 34.7 Å². The SMILES string of the molecule is O=C1OCCO1.OCCCCCCO.OCCCCCO. The highest BCUT2D eigenvalue weighted by atomic mass is 16.8. The zero-order chi connectivity index (χ0) is 16.2. The molecule has 1 aliphatic heterocycles. The molecule has 0 spiro atoms. The van der Waals surface area contributed by atoms with E-state index in [2.05, 4.69) is 9.47 Å². The van der Waals surface area contributed by atoms with Gasteiger partial charge in [0, 0.05) is 26.4 Å². The van der Waals surface area contributed by atoms with E-state index in [-0.39, 0.29) is 26.4 Å². The third kappa shape index (κ3) is 24.5. The number of rotatable bonds is 9. The lowest BCUT2D eigenvalue weighted by Gasteiger charge is -1.93. The number of ether oxygens (including phenoxy) is 2. The minimum Gasteiger partial charge on any atom is -0.431 e. The summed E-state index contributed by atoms with van der Waals surface area (Å²) in [5.41, 5.74) is 0. The van der Waals surface area contributed by atoms with Crippen LogP contribution in [-0.4, -0.2) is 66.2 Å². The van der Waals surface area contributed by atoms with Gasteiger partial charge in [-0.3, -0.25) is 0 Å². The Bertz CT molecular complexity index is 182. The summed E-state index contributed by atoms with van der Waals surface area (Å²) in [6.07, 6.45) is 5.86. The summed E-state index contributed by atoms with van der Waals surface area (Å²) in [4.78, 5) is 9.80. The van der Waals surface area contributed by atoms with Crippen molar-refractivity contribution >= 4 is 6.16 Å². The summed E-state index contributed by atoms with van der Waals surface area (Å²) < 4.78 is 8.58. The molecule has 1 aliphatic rings. The Hall–Kier alpha value is -0.890. The molecule has 0 unspecified atom stereocenters. The number of cyclic esters (lactones) is 2. The Kier molecular flexibility index (Phi) is 22.8. The molecule has 128 valence electrons. The molecule has 7 nitrogen and oxygen atoms in total. The minimum absolute atomic E-state index is 0.250. The highest BCUT2D eigenvalue weighted by Gasteiger charge is 2.09. The smallest absolute Gasteiger partial charge is 0.431 e. The molecule has 1 heterocycles. The third-order valence-electron chi connectivity index (χ3n) is 2.41. The first kappa shape index (κ1) is 22.4. The molecule has 1 saturated heterocycles. The van der Waals surface area contributed by atoms with Crippen LogP contribution in [0.3, 0.4) is 0 Å². The van der Waals surface area contributed by atoms with Gasteiger partial charge in [-0.1, -0.05) is 12.8 Å². The number of aliphatic hydroxyl groups excluding tert-OH is 4. The molecule has 0 saturated carbocycles. The van der Waals surface area contributed by atoms with Gasteiger partial charge in [0.1, 0.15) is 13.2 Å². The van der Waals surface area contributed by atoms with Crippen molar-refractivity contribution in [2.24, 2.45) is 0 Å². The van der Waals surface area contributed by atoms with Crippen molar-refractivity contribution in [3.8, 4) is 0 Å². The van der Waals surface area contributed by atoms with Crippen LogP contribution >= 0.6 is 0 Å². The first-order valence-electron chi connectivity index (χ1n) is 7.45. The van der Waals surface area contributed by atoms with Gasteiger partial charge in [0.25, 0.3) is 0 Å². The topological polar surface area (TPSA) is 116 Å². The van der Waals surface area contributed by atoms with Crippen LogP contribution in [0, 0.1) is 0 Å². The summed E-state index contributed by atoms with van der Waals surface area (Å²) in [7, 11) is 0. The van der Waals surface area contributed by atoms with Crippen molar-refractivity contribution in [3.63, 3.8) is 0 Å². The van der Waals surface area contributed by atoms with E-state index < -0.39 is 6.16 Å². The van der Waals surface area contributed by atoms with Crippen LogP contribution < -0.4 is 0 Å². The molecule has 1 fully saturated rings. The number of aliphatic hydroxyl groups is 4. The molecule has 0 bridgehead atoms. The third-order valence-corrected chi connectivity index (χ3v) is 2.41. The summed E-state index contributed by atoms with van der Waals surface area (Å²) in [5.74, 6) is 0. The van der Waals surface area contributed by atoms with Crippen molar-refractivity contribution in [3.05, 3.63) is 0 Å². The van der Waals surface area contributed by atoms with Crippen LogP contribution in [0.1, 0.15) is 44.9 Å². The Morgan fingerprint density at radius 2 is 0.905 bits per heavy atom. The van der Waals surface area contributed by atoms with Gasteiger partial charge in [0.05, 0.1) is 0 Å².